The number of benzene rings is 6. The molecule has 0 amide bonds. The Hall–Kier alpha value is -4.86. The molecular weight excluding hydrogens is 492 g/mol. The molecule has 0 aliphatic heterocycles. The maximum Gasteiger partial charge on any atom is 0.0541 e. The summed E-state index contributed by atoms with van der Waals surface area (Å²) in [6.45, 7) is 0. The van der Waals surface area contributed by atoms with Crippen LogP contribution in [-0.2, 0) is 0 Å². The molecule has 3 heterocycles. The maximum atomic E-state index is 3.55. The van der Waals surface area contributed by atoms with Gasteiger partial charge in [0, 0.05) is 58.4 Å². The van der Waals surface area contributed by atoms with E-state index in [0.29, 0.717) is 0 Å². The van der Waals surface area contributed by atoms with Crippen LogP contribution in [0.15, 0.2) is 127 Å². The van der Waals surface area contributed by atoms with Crippen LogP contribution in [0.3, 0.4) is 0 Å². The molecule has 0 spiro atoms. The summed E-state index contributed by atoms with van der Waals surface area (Å²) in [6.07, 6.45) is 0. The Kier molecular flexibility index (Phi) is 4.24. The lowest BCUT2D eigenvalue weighted by Gasteiger charge is -2.09. The van der Waals surface area contributed by atoms with Crippen molar-refractivity contribution in [3.05, 3.63) is 127 Å². The first-order chi connectivity index (χ1) is 19.3. The summed E-state index contributed by atoms with van der Waals surface area (Å²) >= 11 is 1.87. The molecule has 9 rings (SSSR count). The first-order valence-electron chi connectivity index (χ1n) is 13.3. The van der Waals surface area contributed by atoms with Gasteiger partial charge in [-0.05, 0) is 65.7 Å². The average molecular weight is 515 g/mol. The van der Waals surface area contributed by atoms with Crippen LogP contribution in [0.4, 0.5) is 0 Å². The largest absolute Gasteiger partial charge is 0.355 e. The molecule has 0 unspecified atom stereocenters. The van der Waals surface area contributed by atoms with Crippen LogP contribution in [0.2, 0.25) is 0 Å². The molecule has 0 radical (unpaired) electrons. The van der Waals surface area contributed by atoms with Gasteiger partial charge in [-0.25, -0.2) is 0 Å². The van der Waals surface area contributed by atoms with E-state index in [2.05, 4.69) is 137 Å². The highest BCUT2D eigenvalue weighted by atomic mass is 32.1. The summed E-state index contributed by atoms with van der Waals surface area (Å²) in [5.74, 6) is 0. The standard InChI is InChI=1S/C36H22N2S/c1-4-10-31-25(7-1)29-19-22(13-17-32(29)37-31)23-14-18-34-30(20-23)26-8-2-5-11-33(26)38(34)24-15-16-28-27-9-3-6-12-35(27)39-36(28)21-24/h1-21,37H. The lowest BCUT2D eigenvalue weighted by molar-refractivity contribution is 1.19. The molecular formula is C36H22N2S. The van der Waals surface area contributed by atoms with Crippen molar-refractivity contribution in [1.82, 2.24) is 9.55 Å². The Balaban J connectivity index is 1.26. The minimum atomic E-state index is 1.18. The summed E-state index contributed by atoms with van der Waals surface area (Å²) in [5, 5.41) is 7.75. The highest BCUT2D eigenvalue weighted by Gasteiger charge is 2.15. The Morgan fingerprint density at radius 2 is 1.10 bits per heavy atom. The van der Waals surface area contributed by atoms with Crippen LogP contribution in [0.1, 0.15) is 0 Å². The topological polar surface area (TPSA) is 20.7 Å². The zero-order valence-electron chi connectivity index (χ0n) is 21.0. The molecule has 0 aliphatic carbocycles. The first kappa shape index (κ1) is 21.1. The van der Waals surface area contributed by atoms with Gasteiger partial charge in [0.05, 0.1) is 11.0 Å². The molecule has 0 fully saturated rings. The number of thiophene rings is 1. The zero-order chi connectivity index (χ0) is 25.5. The zero-order valence-corrected chi connectivity index (χ0v) is 21.8. The van der Waals surface area contributed by atoms with E-state index in [1.54, 1.807) is 0 Å². The fourth-order valence-corrected chi connectivity index (χ4v) is 7.45. The number of nitrogens with one attached hydrogen (secondary N) is 1. The summed E-state index contributed by atoms with van der Waals surface area (Å²) in [6, 6.07) is 46.6. The SMILES string of the molecule is c1ccc2c(c1)[nH]c1ccc(-c3ccc4c(c3)c3ccccc3n4-c3ccc4c(c3)sc3ccccc34)cc12. The van der Waals surface area contributed by atoms with E-state index in [9.17, 15) is 0 Å². The normalized spacial score (nSPS) is 12.1. The monoisotopic (exact) mass is 514 g/mol. The molecule has 0 atom stereocenters. The van der Waals surface area contributed by atoms with Crippen molar-refractivity contribution in [2.75, 3.05) is 0 Å². The molecule has 182 valence electrons. The first-order valence-corrected chi connectivity index (χ1v) is 14.1. The molecule has 3 aromatic heterocycles. The molecule has 3 heteroatoms. The number of para-hydroxylation sites is 2. The van der Waals surface area contributed by atoms with Gasteiger partial charge in [-0.3, -0.25) is 0 Å². The van der Waals surface area contributed by atoms with Gasteiger partial charge in [-0.15, -0.1) is 11.3 Å². The Bertz CT molecular complexity index is 2400. The van der Waals surface area contributed by atoms with Crippen molar-refractivity contribution in [2.24, 2.45) is 0 Å². The minimum Gasteiger partial charge on any atom is -0.355 e. The second-order valence-corrected chi connectivity index (χ2v) is 11.4. The molecule has 0 bridgehead atoms. The predicted molar refractivity (Wildman–Crippen MR) is 168 cm³/mol. The molecule has 1 N–H and O–H groups in total. The van der Waals surface area contributed by atoms with Gasteiger partial charge in [-0.2, -0.15) is 0 Å². The fraction of sp³-hybridized carbons (Fsp3) is 0. The Morgan fingerprint density at radius 1 is 0.436 bits per heavy atom. The number of fused-ring (bicyclic) bond motifs is 9. The van der Waals surface area contributed by atoms with E-state index >= 15 is 0 Å². The number of H-pyrrole nitrogens is 1. The summed E-state index contributed by atoms with van der Waals surface area (Å²) in [7, 11) is 0. The van der Waals surface area contributed by atoms with E-state index in [0.717, 1.165) is 0 Å². The van der Waals surface area contributed by atoms with E-state index < -0.39 is 0 Å². The van der Waals surface area contributed by atoms with Gasteiger partial charge < -0.3 is 9.55 Å². The second-order valence-electron chi connectivity index (χ2n) is 10.3. The number of hydrogen-bond acceptors (Lipinski definition) is 1. The van der Waals surface area contributed by atoms with Crippen molar-refractivity contribution in [3.8, 4) is 16.8 Å². The van der Waals surface area contributed by atoms with E-state index in [1.165, 1.54) is 80.6 Å². The smallest absolute Gasteiger partial charge is 0.0541 e. The lowest BCUT2D eigenvalue weighted by Crippen LogP contribution is -1.93. The summed E-state index contributed by atoms with van der Waals surface area (Å²) in [4.78, 5) is 3.55. The van der Waals surface area contributed by atoms with Gasteiger partial charge in [0.15, 0.2) is 0 Å². The summed E-state index contributed by atoms with van der Waals surface area (Å²) in [5.41, 5.74) is 8.49. The minimum absolute atomic E-state index is 1.18. The van der Waals surface area contributed by atoms with E-state index in [-0.39, 0.29) is 0 Å². The van der Waals surface area contributed by atoms with Crippen molar-refractivity contribution < 1.29 is 0 Å². The van der Waals surface area contributed by atoms with Crippen LogP contribution in [0.25, 0.3) is 80.6 Å². The van der Waals surface area contributed by atoms with Gasteiger partial charge in [0.25, 0.3) is 0 Å². The molecule has 0 aliphatic rings. The lowest BCUT2D eigenvalue weighted by atomic mass is 10.0. The van der Waals surface area contributed by atoms with Gasteiger partial charge in [0.1, 0.15) is 0 Å². The molecule has 39 heavy (non-hydrogen) atoms. The summed E-state index contributed by atoms with van der Waals surface area (Å²) < 4.78 is 5.08. The predicted octanol–water partition coefficient (Wildman–Crippen LogP) is 10.5. The van der Waals surface area contributed by atoms with Crippen molar-refractivity contribution in [3.63, 3.8) is 0 Å². The molecule has 6 aromatic carbocycles. The Labute approximate surface area is 228 Å². The number of nitrogens with zero attached hydrogens (tertiary/aromatic N) is 1. The third-order valence-corrected chi connectivity index (χ3v) is 9.27. The van der Waals surface area contributed by atoms with E-state index in [1.807, 2.05) is 11.3 Å². The highest BCUT2D eigenvalue weighted by molar-refractivity contribution is 7.25. The van der Waals surface area contributed by atoms with Crippen molar-refractivity contribution in [2.45, 2.75) is 0 Å². The third kappa shape index (κ3) is 3.02. The molecule has 2 nitrogen and oxygen atoms in total. The van der Waals surface area contributed by atoms with Gasteiger partial charge >= 0.3 is 0 Å². The van der Waals surface area contributed by atoms with Crippen LogP contribution in [0, 0.1) is 0 Å². The maximum absolute atomic E-state index is 3.55. The van der Waals surface area contributed by atoms with Crippen LogP contribution >= 0.6 is 11.3 Å². The number of hydrogen-bond donors (Lipinski definition) is 1. The van der Waals surface area contributed by atoms with Crippen LogP contribution in [0.5, 0.6) is 0 Å². The molecule has 0 saturated carbocycles. The van der Waals surface area contributed by atoms with Gasteiger partial charge in [-0.1, -0.05) is 72.8 Å². The van der Waals surface area contributed by atoms with Gasteiger partial charge in [0.2, 0.25) is 0 Å². The highest BCUT2D eigenvalue weighted by Crippen LogP contribution is 2.39. The third-order valence-electron chi connectivity index (χ3n) is 8.13. The quantitative estimate of drug-likeness (QED) is 0.237. The molecule has 9 aromatic rings. The molecule has 0 saturated heterocycles. The number of rotatable bonds is 2. The fourth-order valence-electron chi connectivity index (χ4n) is 6.31. The van der Waals surface area contributed by atoms with Crippen molar-refractivity contribution >= 4 is 75.1 Å². The number of aromatic amines is 1. The van der Waals surface area contributed by atoms with E-state index in [4.69, 9.17) is 0 Å². The Morgan fingerprint density at radius 3 is 2.03 bits per heavy atom. The van der Waals surface area contributed by atoms with Crippen molar-refractivity contribution in [1.29, 1.82) is 0 Å². The number of aromatic nitrogens is 2. The second kappa shape index (κ2) is 7.83. The average Bonchev–Trinajstić information content (AvgIpc) is 3.65. The van der Waals surface area contributed by atoms with Crippen LogP contribution in [-0.4, -0.2) is 9.55 Å². The van der Waals surface area contributed by atoms with Crippen LogP contribution < -0.4 is 0 Å².